The maximum Gasteiger partial charge on any atom is 0 e. The molecule has 3 nitrogen and oxygen atoms in total. The van der Waals surface area contributed by atoms with E-state index in [1.54, 1.807) is 0 Å². The van der Waals surface area contributed by atoms with E-state index >= 15 is 0 Å². The number of nitrogens with zero attached hydrogens (tertiary/aromatic N) is 1. The first-order valence-electron chi connectivity index (χ1n) is 0.224. The van der Waals surface area contributed by atoms with E-state index in [1.807, 2.05) is 0 Å². The van der Waals surface area contributed by atoms with Gasteiger partial charge in [0.2, 0.25) is 0 Å². The second-order valence-corrected chi connectivity index (χ2v) is 0. The summed E-state index contributed by atoms with van der Waals surface area (Å²) in [5.74, 6) is 0. The summed E-state index contributed by atoms with van der Waals surface area (Å²) in [6, 6.07) is 0. The molecule has 0 fully saturated rings. The Hall–Kier alpha value is -0.0705. The first kappa shape index (κ1) is 88.1. The van der Waals surface area contributed by atoms with Crippen LogP contribution >= 0.6 is 0 Å². The molecule has 5 N–H and O–H groups in total. The summed E-state index contributed by atoms with van der Waals surface area (Å²) in [5, 5.41) is 6.25. The number of rotatable bonds is 0. The predicted molar refractivity (Wildman–Crippen MR) is 13.6 cm³/mol. The minimum atomic E-state index is 0. The molecule has 4 heteroatoms. The van der Waals surface area contributed by atoms with Crippen molar-refractivity contribution in [3.8, 4) is 0 Å². The van der Waals surface area contributed by atoms with E-state index in [9.17, 15) is 0 Å². The van der Waals surface area contributed by atoms with Crippen LogP contribution in [0.3, 0.4) is 0 Å². The molecule has 0 amide bonds. The molecule has 0 unspecified atom stereocenters. The molecule has 0 aliphatic rings. The van der Waals surface area contributed by atoms with Crippen LogP contribution in [0, 0.1) is 11.8 Å². The molecule has 34 valence electrons. The van der Waals surface area contributed by atoms with E-state index in [4.69, 9.17) is 11.8 Å². The Labute approximate surface area is 41.3 Å². The van der Waals surface area contributed by atoms with Gasteiger partial charge in [0.15, 0.2) is 0 Å². The monoisotopic (exact) mass is 117 g/mol. The zero-order valence-electron chi connectivity index (χ0n) is 2.51. The van der Waals surface area contributed by atoms with E-state index in [0.29, 0.717) is 0 Å². The van der Waals surface area contributed by atoms with Gasteiger partial charge >= 0.3 is 0 Å². The second-order valence-electron chi connectivity index (χ2n) is 0. The van der Waals surface area contributed by atoms with Crippen molar-refractivity contribution in [2.75, 3.05) is 0 Å². The normalized spacial score (nSPS) is 0.400. The molecule has 0 spiro atoms. The van der Waals surface area contributed by atoms with Crippen LogP contribution in [0.4, 0.5) is 0 Å². The summed E-state index contributed by atoms with van der Waals surface area (Å²) >= 11 is 0. The molecule has 5 heavy (non-hydrogen) atoms. The van der Waals surface area contributed by atoms with E-state index in [0.717, 1.165) is 0 Å². The second kappa shape index (κ2) is 6780. The van der Waals surface area contributed by atoms with Crippen molar-refractivity contribution in [1.82, 2.24) is 6.15 Å². The molecular weight excluding hydrogens is 112 g/mol. The number of hydrogen-bond donors (Lipinski definition) is 1. The minimum absolute atomic E-state index is 0. The van der Waals surface area contributed by atoms with Gasteiger partial charge in [0.1, 0.15) is 0 Å². The third-order valence-corrected chi connectivity index (χ3v) is 0. The Bertz CT molecular complexity index is 14.4. The summed E-state index contributed by atoms with van der Waals surface area (Å²) in [6.45, 7) is 4.75. The Kier molecular flexibility index (Phi) is 119000. The standard InChI is InChI=1S/CN.Fe.H3N.H2O/c1-2;;;/h;;1H3;1H2/q-1;;;. The van der Waals surface area contributed by atoms with Crippen LogP contribution in [0.1, 0.15) is 0 Å². The van der Waals surface area contributed by atoms with Gasteiger partial charge in [0, 0.05) is 17.1 Å². The summed E-state index contributed by atoms with van der Waals surface area (Å²) < 4.78 is 0. The third kappa shape index (κ3) is 2940. The van der Waals surface area contributed by atoms with Crippen molar-refractivity contribution in [2.45, 2.75) is 0 Å². The zero-order chi connectivity index (χ0) is 2.00. The first-order valence-corrected chi connectivity index (χ1v) is 0.224. The average Bonchev–Trinajstić information content (AvgIpc) is 1.00. The van der Waals surface area contributed by atoms with Gasteiger partial charge in [0.25, 0.3) is 0 Å². The van der Waals surface area contributed by atoms with Crippen molar-refractivity contribution in [3.05, 3.63) is 6.57 Å². The maximum atomic E-state index is 6.25. The molecule has 0 rings (SSSR count). The zero-order valence-corrected chi connectivity index (χ0v) is 3.61. The van der Waals surface area contributed by atoms with Gasteiger partial charge < -0.3 is 23.5 Å². The molecule has 0 aromatic carbocycles. The van der Waals surface area contributed by atoms with Crippen LogP contribution in [0.2, 0.25) is 0 Å². The van der Waals surface area contributed by atoms with E-state index < -0.39 is 0 Å². The van der Waals surface area contributed by atoms with Gasteiger partial charge in [-0.15, -0.1) is 0 Å². The van der Waals surface area contributed by atoms with Crippen LogP contribution in [-0.4, -0.2) is 5.48 Å². The van der Waals surface area contributed by atoms with Crippen molar-refractivity contribution in [3.63, 3.8) is 0 Å². The Balaban J connectivity index is -0.00000000167. The molecule has 0 aliphatic heterocycles. The maximum absolute atomic E-state index is 6.25. The van der Waals surface area contributed by atoms with E-state index in [2.05, 4.69) is 0 Å². The van der Waals surface area contributed by atoms with Crippen LogP contribution < -0.4 is 6.15 Å². The molecule has 0 aromatic heterocycles. The van der Waals surface area contributed by atoms with Gasteiger partial charge in [-0.1, -0.05) is 0 Å². The molecule has 0 radical (unpaired) electrons. The van der Waals surface area contributed by atoms with Crippen molar-refractivity contribution >= 4 is 0 Å². The molecular formula is CH5FeN2O-. The summed E-state index contributed by atoms with van der Waals surface area (Å²) in [6.07, 6.45) is 0. The largest absolute Gasteiger partial charge is 0.512 e. The van der Waals surface area contributed by atoms with E-state index in [1.165, 1.54) is 0 Å². The van der Waals surface area contributed by atoms with Gasteiger partial charge in [-0.3, -0.25) is 0 Å². The summed E-state index contributed by atoms with van der Waals surface area (Å²) in [5.41, 5.74) is 0. The molecule has 0 bridgehead atoms. The Morgan fingerprint density at radius 3 is 1.20 bits per heavy atom. The van der Waals surface area contributed by atoms with Gasteiger partial charge in [-0.25, -0.2) is 0 Å². The molecule has 0 atom stereocenters. The predicted octanol–water partition coefficient (Wildman–Crippen LogP) is -0.569. The van der Waals surface area contributed by atoms with Crippen LogP contribution in [0.15, 0.2) is 0 Å². The average molecular weight is 117 g/mol. The quantitative estimate of drug-likeness (QED) is 0.340. The van der Waals surface area contributed by atoms with Crippen molar-refractivity contribution in [2.24, 2.45) is 0 Å². The minimum Gasteiger partial charge on any atom is -0.512 e. The molecule has 0 saturated heterocycles. The van der Waals surface area contributed by atoms with E-state index in [-0.39, 0.29) is 28.7 Å². The Morgan fingerprint density at radius 1 is 1.20 bits per heavy atom. The molecule has 0 heterocycles. The molecule has 0 aromatic rings. The Morgan fingerprint density at radius 2 is 1.20 bits per heavy atom. The van der Waals surface area contributed by atoms with Crippen LogP contribution in [0.25, 0.3) is 0 Å². The first-order chi connectivity index (χ1) is 1.00. The fourth-order valence-corrected chi connectivity index (χ4v) is 0. The molecule has 0 aliphatic carbocycles. The van der Waals surface area contributed by atoms with Crippen molar-refractivity contribution in [1.29, 1.82) is 5.26 Å². The molecule has 0 saturated carbocycles. The smallest absolute Gasteiger partial charge is 0 e. The topological polar surface area (TPSA) is 90.3 Å². The summed E-state index contributed by atoms with van der Waals surface area (Å²) in [7, 11) is 0. The van der Waals surface area contributed by atoms with Crippen LogP contribution in [-0.2, 0) is 17.1 Å². The fourth-order valence-electron chi connectivity index (χ4n) is 0. The van der Waals surface area contributed by atoms with Gasteiger partial charge in [0.05, 0.1) is 0 Å². The third-order valence-electron chi connectivity index (χ3n) is 0. The SMILES string of the molecule is N.O.[C-]#N.[Fe]. The fraction of sp³-hybridized carbons (Fsp3) is 0. The van der Waals surface area contributed by atoms with Gasteiger partial charge in [-0.05, 0) is 0 Å². The summed E-state index contributed by atoms with van der Waals surface area (Å²) in [4.78, 5) is 0. The number of hydrogen-bond acceptors (Lipinski definition) is 2. The van der Waals surface area contributed by atoms with Crippen molar-refractivity contribution < 1.29 is 22.5 Å². The van der Waals surface area contributed by atoms with Crippen LogP contribution in [0.5, 0.6) is 0 Å². The van der Waals surface area contributed by atoms with Gasteiger partial charge in [-0.2, -0.15) is 0 Å².